The van der Waals surface area contributed by atoms with Gasteiger partial charge in [0.25, 0.3) is 0 Å². The number of carbonyl (C=O) groups excluding carboxylic acids is 1. The number of carbonyl (C=O) groups is 1. The summed E-state index contributed by atoms with van der Waals surface area (Å²) in [6.07, 6.45) is 5.08. The zero-order chi connectivity index (χ0) is 21.2. The Morgan fingerprint density at radius 1 is 1.06 bits per heavy atom. The van der Waals surface area contributed by atoms with E-state index in [1.807, 2.05) is 30.3 Å². The molecule has 31 heavy (non-hydrogen) atoms. The molecule has 3 aromatic heterocycles. The average Bonchev–Trinajstić information content (AvgIpc) is 3.44. The van der Waals surface area contributed by atoms with E-state index in [1.54, 1.807) is 18.6 Å². The van der Waals surface area contributed by atoms with Gasteiger partial charge in [-0.15, -0.1) is 0 Å². The van der Waals surface area contributed by atoms with E-state index in [1.165, 1.54) is 0 Å². The van der Waals surface area contributed by atoms with Crippen molar-refractivity contribution in [2.24, 2.45) is 0 Å². The molecule has 0 bridgehead atoms. The van der Waals surface area contributed by atoms with Gasteiger partial charge in [-0.25, -0.2) is 15.0 Å². The fourth-order valence-corrected chi connectivity index (χ4v) is 3.85. The first kappa shape index (κ1) is 19.5. The summed E-state index contributed by atoms with van der Waals surface area (Å²) in [5, 5.41) is 3.45. The molecule has 1 amide bonds. The maximum Gasteiger partial charge on any atom is 0.240 e. The minimum absolute atomic E-state index is 0.0801. The van der Waals surface area contributed by atoms with Crippen LogP contribution in [-0.2, 0) is 4.79 Å². The number of anilines is 2. The number of nitrogens with zero attached hydrogens (tertiary/aromatic N) is 5. The second-order valence-corrected chi connectivity index (χ2v) is 7.81. The molecule has 3 N–H and O–H groups in total. The van der Waals surface area contributed by atoms with Gasteiger partial charge >= 0.3 is 0 Å². The Bertz CT molecular complexity index is 1180. The molecule has 9 nitrogen and oxygen atoms in total. The van der Waals surface area contributed by atoms with Crippen LogP contribution in [0.4, 0.5) is 11.8 Å². The number of fused-ring (bicyclic) bond motifs is 1. The minimum atomic E-state index is -0.0801. The van der Waals surface area contributed by atoms with Crippen LogP contribution in [-0.4, -0.2) is 68.5 Å². The number of nitrogens with one attached hydrogen (secondary N) is 3. The van der Waals surface area contributed by atoms with Crippen molar-refractivity contribution in [2.75, 3.05) is 42.9 Å². The number of imidazole rings is 2. The largest absolute Gasteiger partial charge is 0.352 e. The molecule has 4 heterocycles. The van der Waals surface area contributed by atoms with Gasteiger partial charge in [0.1, 0.15) is 11.3 Å². The van der Waals surface area contributed by atoms with Crippen molar-refractivity contribution in [3.05, 3.63) is 53.9 Å². The number of H-pyrrole nitrogens is 2. The Kier molecular flexibility index (Phi) is 5.27. The summed E-state index contributed by atoms with van der Waals surface area (Å²) in [5.41, 5.74) is 2.76. The molecule has 0 radical (unpaired) electrons. The lowest BCUT2D eigenvalue weighted by atomic mass is 10.2. The quantitative estimate of drug-likeness (QED) is 0.444. The van der Waals surface area contributed by atoms with Gasteiger partial charge in [-0.3, -0.25) is 15.0 Å². The molecule has 1 aliphatic rings. The fourth-order valence-electron chi connectivity index (χ4n) is 3.72. The molecule has 0 atom stereocenters. The number of hydrogen-bond donors (Lipinski definition) is 3. The van der Waals surface area contributed by atoms with Gasteiger partial charge in [-0.1, -0.05) is 11.6 Å². The van der Waals surface area contributed by atoms with Gasteiger partial charge in [-0.05, 0) is 30.3 Å². The van der Waals surface area contributed by atoms with E-state index >= 15 is 0 Å². The van der Waals surface area contributed by atoms with Crippen molar-refractivity contribution in [3.63, 3.8) is 0 Å². The lowest BCUT2D eigenvalue weighted by molar-refractivity contribution is -0.117. The molecule has 10 heteroatoms. The molecule has 158 valence electrons. The van der Waals surface area contributed by atoms with Crippen molar-refractivity contribution in [3.8, 4) is 11.4 Å². The highest BCUT2D eigenvalue weighted by Crippen LogP contribution is 2.27. The van der Waals surface area contributed by atoms with Crippen LogP contribution in [0.25, 0.3) is 22.4 Å². The van der Waals surface area contributed by atoms with Gasteiger partial charge in [0.15, 0.2) is 5.82 Å². The summed E-state index contributed by atoms with van der Waals surface area (Å²) in [6.45, 7) is 3.39. The molecule has 5 rings (SSSR count). The Labute approximate surface area is 183 Å². The van der Waals surface area contributed by atoms with Crippen molar-refractivity contribution in [1.29, 1.82) is 0 Å². The smallest absolute Gasteiger partial charge is 0.240 e. The van der Waals surface area contributed by atoms with E-state index in [-0.39, 0.29) is 5.91 Å². The van der Waals surface area contributed by atoms with E-state index in [9.17, 15) is 4.79 Å². The van der Waals surface area contributed by atoms with Crippen LogP contribution < -0.4 is 10.2 Å². The lowest BCUT2D eigenvalue weighted by Gasteiger charge is -2.34. The SMILES string of the molecule is O=C(CN1CCN(c2nccc3[nH]c(-c4ccc(Cl)cc4)nc23)CC1)Nc1ncc[nH]1. The highest BCUT2D eigenvalue weighted by atomic mass is 35.5. The van der Waals surface area contributed by atoms with Crippen LogP contribution in [0.3, 0.4) is 0 Å². The second-order valence-electron chi connectivity index (χ2n) is 7.37. The van der Waals surface area contributed by atoms with Gasteiger partial charge in [0, 0.05) is 55.4 Å². The summed E-state index contributed by atoms with van der Waals surface area (Å²) in [4.78, 5) is 36.2. The van der Waals surface area contributed by atoms with Crippen LogP contribution in [0.1, 0.15) is 0 Å². The number of pyridine rings is 1. The topological polar surface area (TPSA) is 106 Å². The highest BCUT2D eigenvalue weighted by Gasteiger charge is 2.22. The third kappa shape index (κ3) is 4.23. The number of piperazine rings is 1. The maximum atomic E-state index is 12.2. The van der Waals surface area contributed by atoms with Crippen molar-refractivity contribution >= 4 is 40.3 Å². The van der Waals surface area contributed by atoms with Crippen LogP contribution in [0.2, 0.25) is 5.02 Å². The van der Waals surface area contributed by atoms with Crippen LogP contribution in [0.15, 0.2) is 48.9 Å². The van der Waals surface area contributed by atoms with Gasteiger partial charge in [-0.2, -0.15) is 0 Å². The third-order valence-corrected chi connectivity index (χ3v) is 5.55. The molecule has 4 aromatic rings. The Hall–Kier alpha value is -3.43. The summed E-state index contributed by atoms with van der Waals surface area (Å²) in [7, 11) is 0. The average molecular weight is 437 g/mol. The molecule has 0 aliphatic carbocycles. The molecule has 1 aliphatic heterocycles. The second kappa shape index (κ2) is 8.37. The molecule has 0 spiro atoms. The molecule has 0 unspecified atom stereocenters. The van der Waals surface area contributed by atoms with Crippen molar-refractivity contribution < 1.29 is 4.79 Å². The molecular formula is C21H21ClN8O. The summed E-state index contributed by atoms with van der Waals surface area (Å²) in [6, 6.07) is 9.52. The first-order valence-electron chi connectivity index (χ1n) is 10.0. The molecule has 0 saturated carbocycles. The highest BCUT2D eigenvalue weighted by molar-refractivity contribution is 6.30. The predicted octanol–water partition coefficient (Wildman–Crippen LogP) is 2.76. The van der Waals surface area contributed by atoms with E-state index in [4.69, 9.17) is 16.6 Å². The van der Waals surface area contributed by atoms with Crippen LogP contribution >= 0.6 is 11.6 Å². The normalized spacial score (nSPS) is 14.8. The number of aromatic amines is 2. The Morgan fingerprint density at radius 2 is 1.87 bits per heavy atom. The summed E-state index contributed by atoms with van der Waals surface area (Å²) in [5.74, 6) is 2.03. The third-order valence-electron chi connectivity index (χ3n) is 5.29. The number of amides is 1. The van der Waals surface area contributed by atoms with Gasteiger partial charge in [0.2, 0.25) is 11.9 Å². The maximum absolute atomic E-state index is 12.2. The van der Waals surface area contributed by atoms with Crippen molar-refractivity contribution in [2.45, 2.75) is 0 Å². The first-order chi connectivity index (χ1) is 15.2. The number of benzene rings is 1. The van der Waals surface area contributed by atoms with Crippen molar-refractivity contribution in [1.82, 2.24) is 29.8 Å². The monoisotopic (exact) mass is 436 g/mol. The first-order valence-corrected chi connectivity index (χ1v) is 10.4. The van der Waals surface area contributed by atoms with E-state index in [0.29, 0.717) is 17.5 Å². The molecule has 1 aromatic carbocycles. The predicted molar refractivity (Wildman–Crippen MR) is 120 cm³/mol. The minimum Gasteiger partial charge on any atom is -0.352 e. The Morgan fingerprint density at radius 3 is 2.61 bits per heavy atom. The Balaban J connectivity index is 1.27. The fraction of sp³-hybridized carbons (Fsp3) is 0.238. The molecule has 1 saturated heterocycles. The van der Waals surface area contributed by atoms with E-state index < -0.39 is 0 Å². The molecular weight excluding hydrogens is 416 g/mol. The summed E-state index contributed by atoms with van der Waals surface area (Å²) < 4.78 is 0. The summed E-state index contributed by atoms with van der Waals surface area (Å²) >= 11 is 6.00. The van der Waals surface area contributed by atoms with Gasteiger partial charge < -0.3 is 14.9 Å². The number of rotatable bonds is 5. The number of hydrogen-bond acceptors (Lipinski definition) is 6. The van der Waals surface area contributed by atoms with Crippen LogP contribution in [0.5, 0.6) is 0 Å². The van der Waals surface area contributed by atoms with E-state index in [0.717, 1.165) is 54.4 Å². The van der Waals surface area contributed by atoms with Crippen LogP contribution in [0, 0.1) is 0 Å². The zero-order valence-corrected chi connectivity index (χ0v) is 17.4. The number of aromatic nitrogens is 5. The zero-order valence-electron chi connectivity index (χ0n) is 16.7. The molecule has 1 fully saturated rings. The van der Waals surface area contributed by atoms with Gasteiger partial charge in [0.05, 0.1) is 12.1 Å². The number of halogens is 1. The lowest BCUT2D eigenvalue weighted by Crippen LogP contribution is -2.49. The standard InChI is InChI=1S/C21H21ClN8O/c22-15-3-1-14(2-4-15)19-26-16-5-6-23-20(18(16)28-19)30-11-9-29(10-12-30)13-17(31)27-21-24-7-8-25-21/h1-8H,9-13H2,(H,26,28)(H2,24,25,27,31). The van der Waals surface area contributed by atoms with E-state index in [2.05, 4.69) is 35.1 Å².